The van der Waals surface area contributed by atoms with Crippen LogP contribution in [0.3, 0.4) is 0 Å². The fraction of sp³-hybridized carbons (Fsp3) is 0.0500. The molecule has 0 saturated heterocycles. The molecule has 2 N–H and O–H groups in total. The molecule has 0 saturated carbocycles. The molecule has 0 unspecified atom stereocenters. The Hall–Kier alpha value is -3.67. The van der Waals surface area contributed by atoms with Gasteiger partial charge in [-0.15, -0.1) is 0 Å². The van der Waals surface area contributed by atoms with Crippen LogP contribution in [0.25, 0.3) is 32.7 Å². The molecule has 0 aliphatic carbocycles. The van der Waals surface area contributed by atoms with Crippen molar-refractivity contribution < 1.29 is 4.74 Å². The van der Waals surface area contributed by atoms with E-state index in [0.717, 1.165) is 50.0 Å². The van der Waals surface area contributed by atoms with Crippen molar-refractivity contribution in [3.63, 3.8) is 0 Å². The Kier molecular flexibility index (Phi) is 3.21. The maximum Gasteiger partial charge on any atom is 0.141 e. The molecule has 0 fully saturated rings. The standard InChI is InChI=1S/C20H15N5O/c1-26-13-4-2-12(3-5-13)23-20-18-14-10-21-8-6-16(14)24-19(18)15-11-22-9-7-17(15)25-20/h2-11,24H,1H3,(H,23,25). The summed E-state index contributed by atoms with van der Waals surface area (Å²) in [6.07, 6.45) is 7.23. The minimum atomic E-state index is 0.781. The van der Waals surface area contributed by atoms with Crippen LogP contribution < -0.4 is 10.1 Å². The van der Waals surface area contributed by atoms with E-state index < -0.39 is 0 Å². The average molecular weight is 341 g/mol. The van der Waals surface area contributed by atoms with Crippen LogP contribution in [-0.2, 0) is 0 Å². The summed E-state index contributed by atoms with van der Waals surface area (Å²) in [7, 11) is 1.66. The van der Waals surface area contributed by atoms with Crippen LogP contribution in [-0.4, -0.2) is 27.0 Å². The second-order valence-electron chi connectivity index (χ2n) is 6.00. The number of benzene rings is 1. The molecule has 6 nitrogen and oxygen atoms in total. The number of ether oxygens (including phenoxy) is 1. The molecule has 6 heteroatoms. The molecular weight excluding hydrogens is 326 g/mol. The minimum absolute atomic E-state index is 0.781. The number of H-pyrrole nitrogens is 1. The number of fused-ring (bicyclic) bond motifs is 5. The molecule has 126 valence electrons. The number of aromatic amines is 1. The number of pyridine rings is 3. The number of aromatic nitrogens is 4. The van der Waals surface area contributed by atoms with Gasteiger partial charge in [0.2, 0.25) is 0 Å². The van der Waals surface area contributed by atoms with Gasteiger partial charge in [-0.05, 0) is 36.4 Å². The Balaban J connectivity index is 1.78. The lowest BCUT2D eigenvalue weighted by Crippen LogP contribution is -1.96. The van der Waals surface area contributed by atoms with Crippen molar-refractivity contribution in [1.82, 2.24) is 19.9 Å². The summed E-state index contributed by atoms with van der Waals surface area (Å²) in [5.74, 6) is 1.60. The number of anilines is 2. The predicted octanol–water partition coefficient (Wildman–Crippen LogP) is 4.41. The normalized spacial score (nSPS) is 11.3. The van der Waals surface area contributed by atoms with Crippen molar-refractivity contribution in [2.45, 2.75) is 0 Å². The van der Waals surface area contributed by atoms with Gasteiger partial charge in [-0.1, -0.05) is 0 Å². The topological polar surface area (TPSA) is 75.7 Å². The van der Waals surface area contributed by atoms with E-state index in [1.807, 2.05) is 48.8 Å². The van der Waals surface area contributed by atoms with E-state index >= 15 is 0 Å². The number of hydrogen-bond acceptors (Lipinski definition) is 5. The SMILES string of the molecule is COc1ccc(Nc2nc3ccncc3c3[nH]c4ccncc4c23)cc1. The van der Waals surface area contributed by atoms with Crippen molar-refractivity contribution >= 4 is 44.2 Å². The highest BCUT2D eigenvalue weighted by Gasteiger charge is 2.14. The molecule has 0 atom stereocenters. The van der Waals surface area contributed by atoms with Crippen LogP contribution >= 0.6 is 0 Å². The highest BCUT2D eigenvalue weighted by Crippen LogP contribution is 2.35. The van der Waals surface area contributed by atoms with Gasteiger partial charge in [0.1, 0.15) is 11.6 Å². The molecular formula is C20H15N5O. The number of rotatable bonds is 3. The summed E-state index contributed by atoms with van der Waals surface area (Å²) < 4.78 is 5.23. The molecule has 5 rings (SSSR count). The quantitative estimate of drug-likeness (QED) is 0.508. The largest absolute Gasteiger partial charge is 0.497 e. The number of nitrogens with one attached hydrogen (secondary N) is 2. The molecule has 4 heterocycles. The fourth-order valence-electron chi connectivity index (χ4n) is 3.24. The summed E-state index contributed by atoms with van der Waals surface area (Å²) in [5.41, 5.74) is 3.84. The van der Waals surface area contributed by atoms with Crippen LogP contribution in [0.2, 0.25) is 0 Å². The Labute approximate surface area is 148 Å². The van der Waals surface area contributed by atoms with Gasteiger partial charge < -0.3 is 15.0 Å². The molecule has 5 aromatic rings. The fourth-order valence-corrected chi connectivity index (χ4v) is 3.24. The van der Waals surface area contributed by atoms with Gasteiger partial charge in [0.05, 0.1) is 23.5 Å². The maximum absolute atomic E-state index is 5.23. The monoisotopic (exact) mass is 341 g/mol. The van der Waals surface area contributed by atoms with E-state index in [9.17, 15) is 0 Å². The van der Waals surface area contributed by atoms with E-state index in [1.54, 1.807) is 19.5 Å². The van der Waals surface area contributed by atoms with E-state index in [4.69, 9.17) is 9.72 Å². The first-order valence-corrected chi connectivity index (χ1v) is 8.24. The first kappa shape index (κ1) is 14.7. The molecule has 0 amide bonds. The van der Waals surface area contributed by atoms with Gasteiger partial charge in [-0.2, -0.15) is 0 Å². The third kappa shape index (κ3) is 2.23. The molecule has 0 spiro atoms. The highest BCUT2D eigenvalue weighted by atomic mass is 16.5. The van der Waals surface area contributed by atoms with Crippen LogP contribution in [0, 0.1) is 0 Å². The van der Waals surface area contributed by atoms with Crippen molar-refractivity contribution in [2.75, 3.05) is 12.4 Å². The van der Waals surface area contributed by atoms with Crippen LogP contribution in [0.15, 0.2) is 61.2 Å². The zero-order valence-electron chi connectivity index (χ0n) is 14.0. The Morgan fingerprint density at radius 2 is 1.69 bits per heavy atom. The zero-order chi connectivity index (χ0) is 17.5. The molecule has 1 aromatic carbocycles. The van der Waals surface area contributed by atoms with E-state index in [-0.39, 0.29) is 0 Å². The van der Waals surface area contributed by atoms with Gasteiger partial charge in [-0.25, -0.2) is 4.98 Å². The van der Waals surface area contributed by atoms with Crippen molar-refractivity contribution in [1.29, 1.82) is 0 Å². The van der Waals surface area contributed by atoms with E-state index in [2.05, 4.69) is 20.3 Å². The van der Waals surface area contributed by atoms with Crippen molar-refractivity contribution in [3.8, 4) is 5.75 Å². The highest BCUT2D eigenvalue weighted by molar-refractivity contribution is 6.20. The van der Waals surface area contributed by atoms with Crippen LogP contribution in [0.5, 0.6) is 5.75 Å². The minimum Gasteiger partial charge on any atom is -0.497 e. The van der Waals surface area contributed by atoms with Gasteiger partial charge in [0, 0.05) is 46.8 Å². The predicted molar refractivity (Wildman–Crippen MR) is 103 cm³/mol. The van der Waals surface area contributed by atoms with Gasteiger partial charge in [0.15, 0.2) is 0 Å². The Morgan fingerprint density at radius 3 is 2.50 bits per heavy atom. The van der Waals surface area contributed by atoms with Gasteiger partial charge in [-0.3, -0.25) is 9.97 Å². The van der Waals surface area contributed by atoms with Crippen LogP contribution in [0.4, 0.5) is 11.5 Å². The Morgan fingerprint density at radius 1 is 0.923 bits per heavy atom. The summed E-state index contributed by atoms with van der Waals surface area (Å²) >= 11 is 0. The van der Waals surface area contributed by atoms with E-state index in [0.29, 0.717) is 0 Å². The summed E-state index contributed by atoms with van der Waals surface area (Å²) in [6.45, 7) is 0. The zero-order valence-corrected chi connectivity index (χ0v) is 14.0. The molecule has 0 aliphatic rings. The third-order valence-electron chi connectivity index (χ3n) is 4.49. The van der Waals surface area contributed by atoms with Crippen molar-refractivity contribution in [2.24, 2.45) is 0 Å². The smallest absolute Gasteiger partial charge is 0.141 e. The molecule has 0 radical (unpaired) electrons. The summed E-state index contributed by atoms with van der Waals surface area (Å²) in [4.78, 5) is 16.9. The first-order valence-electron chi connectivity index (χ1n) is 8.24. The Bertz CT molecular complexity index is 1240. The lowest BCUT2D eigenvalue weighted by atomic mass is 10.1. The van der Waals surface area contributed by atoms with Gasteiger partial charge in [0.25, 0.3) is 0 Å². The van der Waals surface area contributed by atoms with Crippen LogP contribution in [0.1, 0.15) is 0 Å². The van der Waals surface area contributed by atoms with Gasteiger partial charge >= 0.3 is 0 Å². The van der Waals surface area contributed by atoms with E-state index in [1.165, 1.54) is 0 Å². The molecule has 0 bridgehead atoms. The molecule has 0 aliphatic heterocycles. The molecule has 4 aromatic heterocycles. The molecule has 26 heavy (non-hydrogen) atoms. The number of nitrogens with zero attached hydrogens (tertiary/aromatic N) is 3. The average Bonchev–Trinajstić information content (AvgIpc) is 3.09. The third-order valence-corrected chi connectivity index (χ3v) is 4.49. The second-order valence-corrected chi connectivity index (χ2v) is 6.00. The lowest BCUT2D eigenvalue weighted by molar-refractivity contribution is 0.415. The van der Waals surface area contributed by atoms with Crippen molar-refractivity contribution in [3.05, 3.63) is 61.2 Å². The lowest BCUT2D eigenvalue weighted by Gasteiger charge is -2.10. The number of methoxy groups -OCH3 is 1. The maximum atomic E-state index is 5.23. The number of hydrogen-bond donors (Lipinski definition) is 2. The summed E-state index contributed by atoms with van der Waals surface area (Å²) in [5, 5.41) is 6.45. The second kappa shape index (κ2) is 5.70. The first-order chi connectivity index (χ1) is 12.8. The summed E-state index contributed by atoms with van der Waals surface area (Å²) in [6, 6.07) is 11.7.